The van der Waals surface area contributed by atoms with E-state index in [9.17, 15) is 9.59 Å². The van der Waals surface area contributed by atoms with Crippen LogP contribution < -0.4 is 24.4 Å². The smallest absolute Gasteiger partial charge is 0.271 e. The summed E-state index contributed by atoms with van der Waals surface area (Å²) in [7, 11) is 1.61. The van der Waals surface area contributed by atoms with Crippen molar-refractivity contribution in [2.24, 2.45) is 4.99 Å². The fourth-order valence-electron chi connectivity index (χ4n) is 5.93. The normalized spacial score (nSPS) is 14.6. The van der Waals surface area contributed by atoms with Crippen molar-refractivity contribution in [3.8, 4) is 11.5 Å². The Morgan fingerprint density at radius 2 is 1.81 bits per heavy atom. The van der Waals surface area contributed by atoms with Crippen LogP contribution in [0.25, 0.3) is 16.8 Å². The maximum absolute atomic E-state index is 14.4. The Kier molecular flexibility index (Phi) is 9.55. The summed E-state index contributed by atoms with van der Waals surface area (Å²) < 4.78 is 14.1. The van der Waals surface area contributed by atoms with E-state index in [1.807, 2.05) is 93.6 Å². The monoisotopic (exact) mass is 685 g/mol. The van der Waals surface area contributed by atoms with Crippen LogP contribution in [0.1, 0.15) is 43.5 Å². The zero-order valence-electron chi connectivity index (χ0n) is 26.4. The molecule has 10 heteroatoms. The minimum absolute atomic E-state index is 0.156. The number of methoxy groups -OCH3 is 1. The van der Waals surface area contributed by atoms with Gasteiger partial charge in [-0.2, -0.15) is 0 Å². The van der Waals surface area contributed by atoms with Crippen molar-refractivity contribution >= 4 is 57.3 Å². The first-order valence-corrected chi connectivity index (χ1v) is 16.9. The van der Waals surface area contributed by atoms with Crippen LogP contribution in [-0.2, 0) is 11.4 Å². The van der Waals surface area contributed by atoms with Gasteiger partial charge in [0.1, 0.15) is 24.1 Å². The molecule has 1 amide bonds. The van der Waals surface area contributed by atoms with Gasteiger partial charge in [0.25, 0.3) is 11.5 Å². The number of rotatable bonds is 9. The average Bonchev–Trinajstić information content (AvgIpc) is 3.37. The Balaban J connectivity index is 1.49. The minimum Gasteiger partial charge on any atom is -0.496 e. The van der Waals surface area contributed by atoms with Crippen LogP contribution in [0.15, 0.2) is 99.9 Å². The van der Waals surface area contributed by atoms with Crippen LogP contribution in [0, 0.1) is 0 Å². The quantitative estimate of drug-likeness (QED) is 0.165. The van der Waals surface area contributed by atoms with Crippen LogP contribution in [0.5, 0.6) is 11.5 Å². The number of carbonyl (C=O) groups is 1. The number of thiazole rings is 1. The SMILES string of the molecule is CCN(CC)C(=O)C1=C(C)N=c2s/c(=C/c3cccc(OCc4ccc(Cl)cc4Cl)c3)c(=O)n2[C@H]1c1c(OC)ccc2ccccc12. The molecule has 0 bridgehead atoms. The second-order valence-corrected chi connectivity index (χ2v) is 12.9. The lowest BCUT2D eigenvalue weighted by Crippen LogP contribution is -2.43. The highest BCUT2D eigenvalue weighted by Crippen LogP contribution is 2.40. The molecule has 0 N–H and O–H groups in total. The largest absolute Gasteiger partial charge is 0.496 e. The number of halogens is 2. The third-order valence-electron chi connectivity index (χ3n) is 8.29. The van der Waals surface area contributed by atoms with E-state index in [1.54, 1.807) is 28.7 Å². The molecule has 0 fully saturated rings. The number of likely N-dealkylation sites (N-methyl/N-ethyl adjacent to an activating group) is 1. The first-order valence-electron chi connectivity index (χ1n) is 15.3. The Hall–Kier alpha value is -4.37. The number of carbonyl (C=O) groups excluding carboxylic acids is 1. The number of benzene rings is 4. The second kappa shape index (κ2) is 13.8. The first-order chi connectivity index (χ1) is 22.7. The van der Waals surface area contributed by atoms with Crippen molar-refractivity contribution in [1.82, 2.24) is 9.47 Å². The number of amides is 1. The van der Waals surface area contributed by atoms with Gasteiger partial charge in [-0.1, -0.05) is 83.1 Å². The highest BCUT2D eigenvalue weighted by atomic mass is 35.5. The summed E-state index contributed by atoms with van der Waals surface area (Å²) in [5.74, 6) is 1.06. The second-order valence-electron chi connectivity index (χ2n) is 11.1. The Morgan fingerprint density at radius 3 is 2.55 bits per heavy atom. The number of fused-ring (bicyclic) bond motifs is 2. The van der Waals surface area contributed by atoms with Crippen molar-refractivity contribution in [1.29, 1.82) is 0 Å². The molecule has 1 atom stereocenters. The van der Waals surface area contributed by atoms with E-state index in [1.165, 1.54) is 11.3 Å². The van der Waals surface area contributed by atoms with Gasteiger partial charge in [-0.25, -0.2) is 4.99 Å². The summed E-state index contributed by atoms with van der Waals surface area (Å²) in [5, 5.41) is 2.97. The summed E-state index contributed by atoms with van der Waals surface area (Å²) in [6.07, 6.45) is 1.83. The van der Waals surface area contributed by atoms with Crippen molar-refractivity contribution in [2.45, 2.75) is 33.4 Å². The zero-order valence-corrected chi connectivity index (χ0v) is 28.7. The van der Waals surface area contributed by atoms with Crippen LogP contribution in [-0.4, -0.2) is 35.6 Å². The van der Waals surface area contributed by atoms with Gasteiger partial charge in [0.2, 0.25) is 0 Å². The minimum atomic E-state index is -0.749. The molecule has 0 aliphatic carbocycles. The summed E-state index contributed by atoms with van der Waals surface area (Å²) in [6.45, 7) is 7.05. The fourth-order valence-corrected chi connectivity index (χ4v) is 7.44. The lowest BCUT2D eigenvalue weighted by molar-refractivity contribution is -0.127. The topological polar surface area (TPSA) is 73.1 Å². The van der Waals surface area contributed by atoms with E-state index in [4.69, 9.17) is 37.7 Å². The summed E-state index contributed by atoms with van der Waals surface area (Å²) >= 11 is 13.7. The molecule has 1 aliphatic heterocycles. The molecule has 0 spiro atoms. The molecule has 0 radical (unpaired) electrons. The lowest BCUT2D eigenvalue weighted by Gasteiger charge is -2.30. The predicted octanol–water partition coefficient (Wildman–Crippen LogP) is 7.15. The van der Waals surface area contributed by atoms with Crippen molar-refractivity contribution in [3.05, 3.63) is 137 Å². The van der Waals surface area contributed by atoms with E-state index in [0.29, 0.717) is 55.2 Å². The van der Waals surface area contributed by atoms with Gasteiger partial charge in [0.15, 0.2) is 4.80 Å². The van der Waals surface area contributed by atoms with E-state index in [2.05, 4.69) is 0 Å². The zero-order chi connectivity index (χ0) is 33.2. The number of aromatic nitrogens is 1. The molecule has 240 valence electrons. The predicted molar refractivity (Wildman–Crippen MR) is 189 cm³/mol. The molecule has 2 heterocycles. The number of nitrogens with zero attached hydrogens (tertiary/aromatic N) is 3. The van der Waals surface area contributed by atoms with Crippen molar-refractivity contribution in [3.63, 3.8) is 0 Å². The molecule has 7 nitrogen and oxygen atoms in total. The maximum atomic E-state index is 14.4. The summed E-state index contributed by atoms with van der Waals surface area (Å²) in [6, 6.07) is 23.8. The third kappa shape index (κ3) is 6.33. The highest BCUT2D eigenvalue weighted by molar-refractivity contribution is 7.07. The van der Waals surface area contributed by atoms with Crippen molar-refractivity contribution < 1.29 is 14.3 Å². The fraction of sp³-hybridized carbons (Fsp3) is 0.216. The van der Waals surface area contributed by atoms with Crippen LogP contribution in [0.3, 0.4) is 0 Å². The Morgan fingerprint density at radius 1 is 1.02 bits per heavy atom. The molecule has 5 aromatic rings. The van der Waals surface area contributed by atoms with Gasteiger partial charge < -0.3 is 14.4 Å². The molecule has 1 aromatic heterocycles. The van der Waals surface area contributed by atoms with Crippen LogP contribution in [0.2, 0.25) is 10.0 Å². The van der Waals surface area contributed by atoms with Gasteiger partial charge in [-0.15, -0.1) is 0 Å². The molecule has 47 heavy (non-hydrogen) atoms. The number of allylic oxidation sites excluding steroid dienone is 1. The van der Waals surface area contributed by atoms with Crippen LogP contribution in [0.4, 0.5) is 0 Å². The first kappa shape index (κ1) is 32.6. The van der Waals surface area contributed by atoms with Gasteiger partial charge in [0.05, 0.1) is 22.9 Å². The molecule has 6 rings (SSSR count). The van der Waals surface area contributed by atoms with Gasteiger partial charge in [-0.3, -0.25) is 14.2 Å². The Bertz CT molecular complexity index is 2220. The van der Waals surface area contributed by atoms with Gasteiger partial charge in [-0.05, 0) is 73.5 Å². The molecule has 4 aromatic carbocycles. The summed E-state index contributed by atoms with van der Waals surface area (Å²) in [5.41, 5.74) is 3.13. The number of hydrogen-bond donors (Lipinski definition) is 0. The van der Waals surface area contributed by atoms with Gasteiger partial charge >= 0.3 is 0 Å². The van der Waals surface area contributed by atoms with Crippen LogP contribution >= 0.6 is 34.5 Å². The van der Waals surface area contributed by atoms with E-state index < -0.39 is 6.04 Å². The molecule has 1 aliphatic rings. The molecule has 0 saturated carbocycles. The third-order valence-corrected chi connectivity index (χ3v) is 9.86. The molecular formula is C37H33Cl2N3O4S. The number of hydrogen-bond acceptors (Lipinski definition) is 6. The Labute approximate surface area is 286 Å². The van der Waals surface area contributed by atoms with Crippen molar-refractivity contribution in [2.75, 3.05) is 20.2 Å². The van der Waals surface area contributed by atoms with E-state index in [-0.39, 0.29) is 18.1 Å². The average molecular weight is 687 g/mol. The lowest BCUT2D eigenvalue weighted by atomic mass is 9.90. The standard InChI is InChI=1S/C37H33Cl2N3O4S/c1-5-41(6-2)36(44)32-22(3)40-37-42(34(32)33-28-13-8-7-11-24(28)15-17-30(33)45-4)35(43)31(47-37)19-23-10-9-12-27(18-23)46-21-25-14-16-26(38)20-29(25)39/h7-20,34H,5-6,21H2,1-4H3/b31-19+/t34-/m1/s1. The molecular weight excluding hydrogens is 653 g/mol. The number of ether oxygens (including phenoxy) is 2. The molecule has 0 saturated heterocycles. The highest BCUT2D eigenvalue weighted by Gasteiger charge is 2.36. The van der Waals surface area contributed by atoms with E-state index >= 15 is 0 Å². The van der Waals surface area contributed by atoms with Gasteiger partial charge in [0, 0.05) is 34.3 Å². The van der Waals surface area contributed by atoms with E-state index in [0.717, 1.165) is 27.5 Å². The molecule has 0 unspecified atom stereocenters. The maximum Gasteiger partial charge on any atom is 0.271 e. The summed E-state index contributed by atoms with van der Waals surface area (Å²) in [4.78, 5) is 35.7.